The summed E-state index contributed by atoms with van der Waals surface area (Å²) in [7, 11) is 0. The van der Waals surface area contributed by atoms with Gasteiger partial charge < -0.3 is 28.8 Å². The fourth-order valence-corrected chi connectivity index (χ4v) is 4.33. The van der Waals surface area contributed by atoms with Crippen molar-refractivity contribution < 1.29 is 43.2 Å². The van der Waals surface area contributed by atoms with Gasteiger partial charge in [0.25, 0.3) is 0 Å². The van der Waals surface area contributed by atoms with E-state index in [4.69, 9.17) is 23.7 Å². The Morgan fingerprint density at radius 3 is 2.56 bits per heavy atom. The monoisotopic (exact) mass is 450 g/mol. The molecule has 9 nitrogen and oxygen atoms in total. The first-order valence-corrected chi connectivity index (χ1v) is 10.6. The number of ether oxygens (including phenoxy) is 5. The van der Waals surface area contributed by atoms with Crippen molar-refractivity contribution in [2.24, 2.45) is 0 Å². The molecule has 32 heavy (non-hydrogen) atoms. The third kappa shape index (κ3) is 4.37. The van der Waals surface area contributed by atoms with E-state index in [0.717, 1.165) is 0 Å². The van der Waals surface area contributed by atoms with Crippen LogP contribution in [0.2, 0.25) is 0 Å². The minimum absolute atomic E-state index is 0.0357. The molecule has 0 aromatic heterocycles. The first-order valence-electron chi connectivity index (χ1n) is 10.6. The SMILES string of the molecule is C=C(C)C(=O)O[C@@H]1C[C@@](C)(O)[C@]2(OCC)CC[C@](C)(/C=C3/OC(=O)C(COC(C)=O)=C31)O2. The molecule has 3 aliphatic heterocycles. The van der Waals surface area contributed by atoms with Crippen LogP contribution in [-0.4, -0.2) is 59.3 Å². The van der Waals surface area contributed by atoms with Crippen LogP contribution in [-0.2, 0) is 38.1 Å². The summed E-state index contributed by atoms with van der Waals surface area (Å²) in [5.41, 5.74) is -2.13. The van der Waals surface area contributed by atoms with Gasteiger partial charge in [-0.15, -0.1) is 0 Å². The molecule has 0 aliphatic carbocycles. The topological polar surface area (TPSA) is 118 Å². The van der Waals surface area contributed by atoms with Gasteiger partial charge in [0, 0.05) is 37.5 Å². The van der Waals surface area contributed by atoms with E-state index in [1.165, 1.54) is 13.8 Å². The maximum absolute atomic E-state index is 12.7. The normalized spacial score (nSPS) is 35.6. The summed E-state index contributed by atoms with van der Waals surface area (Å²) in [6, 6.07) is 0. The zero-order valence-electron chi connectivity index (χ0n) is 19.1. The van der Waals surface area contributed by atoms with Crippen molar-refractivity contribution in [3.8, 4) is 0 Å². The maximum Gasteiger partial charge on any atom is 0.343 e. The van der Waals surface area contributed by atoms with E-state index < -0.39 is 41.0 Å². The molecule has 3 aliphatic rings. The Balaban J connectivity index is 2.19. The van der Waals surface area contributed by atoms with Crippen molar-refractivity contribution in [3.63, 3.8) is 0 Å². The number of rotatable bonds is 6. The van der Waals surface area contributed by atoms with Crippen LogP contribution in [0.1, 0.15) is 53.9 Å². The van der Waals surface area contributed by atoms with E-state index in [9.17, 15) is 19.5 Å². The highest BCUT2D eigenvalue weighted by atomic mass is 16.7. The number of esters is 3. The Labute approximate surface area is 187 Å². The Kier molecular flexibility index (Phi) is 6.38. The molecule has 0 saturated carbocycles. The van der Waals surface area contributed by atoms with E-state index in [1.807, 2.05) is 0 Å². The van der Waals surface area contributed by atoms with E-state index in [1.54, 1.807) is 26.8 Å². The molecule has 0 amide bonds. The first-order chi connectivity index (χ1) is 14.8. The molecule has 3 heterocycles. The molecule has 2 bridgehead atoms. The average molecular weight is 450 g/mol. The molecule has 0 unspecified atom stereocenters. The minimum Gasteiger partial charge on any atom is -0.461 e. The highest BCUT2D eigenvalue weighted by Gasteiger charge is 2.60. The van der Waals surface area contributed by atoms with Crippen LogP contribution in [0.3, 0.4) is 0 Å². The third-order valence-corrected chi connectivity index (χ3v) is 5.95. The van der Waals surface area contributed by atoms with Gasteiger partial charge >= 0.3 is 17.9 Å². The minimum atomic E-state index is -1.62. The van der Waals surface area contributed by atoms with Gasteiger partial charge in [-0.3, -0.25) is 4.79 Å². The van der Waals surface area contributed by atoms with Gasteiger partial charge in [-0.2, -0.15) is 0 Å². The van der Waals surface area contributed by atoms with Gasteiger partial charge in [0.15, 0.2) is 5.79 Å². The van der Waals surface area contributed by atoms with Crippen LogP contribution in [0.5, 0.6) is 0 Å². The van der Waals surface area contributed by atoms with Gasteiger partial charge in [0.2, 0.25) is 0 Å². The molecule has 1 fully saturated rings. The van der Waals surface area contributed by atoms with E-state index >= 15 is 0 Å². The fourth-order valence-electron chi connectivity index (χ4n) is 4.33. The highest BCUT2D eigenvalue weighted by Crippen LogP contribution is 2.51. The molecule has 176 valence electrons. The second-order valence-corrected chi connectivity index (χ2v) is 8.82. The van der Waals surface area contributed by atoms with Crippen LogP contribution in [0, 0.1) is 0 Å². The van der Waals surface area contributed by atoms with E-state index in [-0.39, 0.29) is 42.1 Å². The first kappa shape index (κ1) is 24.2. The van der Waals surface area contributed by atoms with Crippen molar-refractivity contribution in [3.05, 3.63) is 35.1 Å². The zero-order chi connectivity index (χ0) is 23.9. The van der Waals surface area contributed by atoms with Gasteiger partial charge in [-0.05, 0) is 40.2 Å². The Morgan fingerprint density at radius 2 is 1.97 bits per heavy atom. The quantitative estimate of drug-likeness (QED) is 0.369. The lowest BCUT2D eigenvalue weighted by Gasteiger charge is -2.43. The summed E-state index contributed by atoms with van der Waals surface area (Å²) in [5, 5.41) is 11.6. The van der Waals surface area contributed by atoms with Crippen molar-refractivity contribution in [2.75, 3.05) is 13.2 Å². The summed E-state index contributed by atoms with van der Waals surface area (Å²) in [4.78, 5) is 36.5. The Hall–Kier alpha value is -2.49. The van der Waals surface area contributed by atoms with Gasteiger partial charge in [0.1, 0.15) is 24.1 Å². The summed E-state index contributed by atoms with van der Waals surface area (Å²) >= 11 is 0. The number of hydrogen-bond donors (Lipinski definition) is 1. The van der Waals surface area contributed by atoms with E-state index in [2.05, 4.69) is 6.58 Å². The smallest absolute Gasteiger partial charge is 0.343 e. The molecule has 4 atom stereocenters. The largest absolute Gasteiger partial charge is 0.461 e. The van der Waals surface area contributed by atoms with Gasteiger partial charge in [-0.25, -0.2) is 9.59 Å². The third-order valence-electron chi connectivity index (χ3n) is 5.95. The lowest BCUT2D eigenvalue weighted by molar-refractivity contribution is -0.318. The molecule has 0 aromatic rings. The average Bonchev–Trinajstić information content (AvgIpc) is 3.17. The predicted octanol–water partition coefficient (Wildman–Crippen LogP) is 2.23. The fraction of sp³-hybridized carbons (Fsp3) is 0.609. The lowest BCUT2D eigenvalue weighted by atomic mass is 9.82. The Bertz CT molecular complexity index is 912. The molecular formula is C23H30O9. The molecule has 9 heteroatoms. The molecule has 0 radical (unpaired) electrons. The Morgan fingerprint density at radius 1 is 1.28 bits per heavy atom. The standard InChI is InChI=1S/C23H30O9/c1-7-29-23-9-8-21(5,32-23)10-16-18(15(20(26)31-16)12-28-14(4)24)17(11-22(23,6)27)30-19(25)13(2)3/h10,17,27H,2,7-9,11-12H2,1,3-6H3/b16-10+/t17-,21-,22-,23+/m1/s1. The number of carbonyl (C=O) groups is 3. The number of carbonyl (C=O) groups excluding carboxylic acids is 3. The molecule has 1 N–H and O–H groups in total. The zero-order valence-corrected chi connectivity index (χ0v) is 19.1. The maximum atomic E-state index is 12.7. The van der Waals surface area contributed by atoms with Crippen LogP contribution in [0.15, 0.2) is 35.1 Å². The molecule has 0 spiro atoms. The number of fused-ring (bicyclic) bond motifs is 3. The highest BCUT2D eigenvalue weighted by molar-refractivity contribution is 5.96. The predicted molar refractivity (Wildman–Crippen MR) is 111 cm³/mol. The van der Waals surface area contributed by atoms with Crippen LogP contribution < -0.4 is 0 Å². The second-order valence-electron chi connectivity index (χ2n) is 8.82. The summed E-state index contributed by atoms with van der Waals surface area (Å²) in [5.74, 6) is -3.23. The van der Waals surface area contributed by atoms with Gasteiger partial charge in [0.05, 0.1) is 11.2 Å². The summed E-state index contributed by atoms with van der Waals surface area (Å²) in [6.45, 7) is 11.4. The van der Waals surface area contributed by atoms with Crippen LogP contribution in [0.4, 0.5) is 0 Å². The molecule has 0 aromatic carbocycles. The number of hydrogen-bond acceptors (Lipinski definition) is 9. The van der Waals surface area contributed by atoms with Crippen molar-refractivity contribution in [1.82, 2.24) is 0 Å². The lowest BCUT2D eigenvalue weighted by Crippen LogP contribution is -2.56. The van der Waals surface area contributed by atoms with Crippen LogP contribution in [0.25, 0.3) is 0 Å². The molecule has 3 rings (SSSR count). The summed E-state index contributed by atoms with van der Waals surface area (Å²) in [6.07, 6.45) is 1.23. The second kappa shape index (κ2) is 8.46. The number of aliphatic hydroxyl groups is 1. The van der Waals surface area contributed by atoms with Crippen molar-refractivity contribution >= 4 is 17.9 Å². The van der Waals surface area contributed by atoms with Crippen molar-refractivity contribution in [2.45, 2.75) is 77.0 Å². The van der Waals surface area contributed by atoms with Crippen LogP contribution >= 0.6 is 0 Å². The van der Waals surface area contributed by atoms with Crippen molar-refractivity contribution in [1.29, 1.82) is 0 Å². The molecular weight excluding hydrogens is 420 g/mol. The van der Waals surface area contributed by atoms with E-state index in [0.29, 0.717) is 12.8 Å². The van der Waals surface area contributed by atoms with Gasteiger partial charge in [-0.1, -0.05) is 6.58 Å². The molecule has 1 saturated heterocycles. The summed E-state index contributed by atoms with van der Waals surface area (Å²) < 4.78 is 28.4.